The summed E-state index contributed by atoms with van der Waals surface area (Å²) in [6, 6.07) is 7.88. The molecule has 1 aliphatic carbocycles. The van der Waals surface area contributed by atoms with Crippen LogP contribution in [0, 0.1) is 0 Å². The van der Waals surface area contributed by atoms with E-state index in [1.165, 1.54) is 0 Å². The third-order valence-electron chi connectivity index (χ3n) is 3.17. The van der Waals surface area contributed by atoms with Gasteiger partial charge in [-0.2, -0.15) is 0 Å². The molecule has 1 fully saturated rings. The molecule has 1 saturated carbocycles. The van der Waals surface area contributed by atoms with E-state index < -0.39 is 5.38 Å². The van der Waals surface area contributed by atoms with Crippen LogP contribution in [-0.4, -0.2) is 16.9 Å². The Morgan fingerprint density at radius 1 is 1.42 bits per heavy atom. The van der Waals surface area contributed by atoms with Crippen molar-refractivity contribution in [1.82, 2.24) is 10.3 Å². The summed E-state index contributed by atoms with van der Waals surface area (Å²) in [5.41, 5.74) is 1.52. The Morgan fingerprint density at radius 2 is 2.21 bits per heavy atom. The van der Waals surface area contributed by atoms with Crippen molar-refractivity contribution in [1.29, 1.82) is 0 Å². The van der Waals surface area contributed by atoms with Gasteiger partial charge in [0.15, 0.2) is 0 Å². The highest BCUT2D eigenvalue weighted by molar-refractivity contribution is 9.10. The van der Waals surface area contributed by atoms with E-state index in [4.69, 9.17) is 11.6 Å². The number of aromatic nitrogens is 1. The van der Waals surface area contributed by atoms with E-state index in [2.05, 4.69) is 26.2 Å². The molecule has 1 atom stereocenters. The summed E-state index contributed by atoms with van der Waals surface area (Å²) in [7, 11) is 0. The van der Waals surface area contributed by atoms with Gasteiger partial charge in [0.05, 0.1) is 5.52 Å². The maximum atomic E-state index is 12.0. The summed E-state index contributed by atoms with van der Waals surface area (Å²) >= 11 is 9.78. The Morgan fingerprint density at radius 3 is 2.95 bits per heavy atom. The number of amides is 1. The Bertz CT molecular complexity index is 642. The molecule has 1 unspecified atom stereocenters. The third-order valence-corrected chi connectivity index (χ3v) is 4.30. The first-order valence-corrected chi connectivity index (χ1v) is 7.37. The lowest BCUT2D eigenvalue weighted by Gasteiger charge is -2.13. The topological polar surface area (TPSA) is 42.0 Å². The highest BCUT2D eigenvalue weighted by Gasteiger charge is 2.28. The van der Waals surface area contributed by atoms with Crippen LogP contribution >= 0.6 is 27.5 Å². The first-order chi connectivity index (χ1) is 9.16. The molecule has 1 heterocycles. The molecule has 2 aromatic rings. The number of nitrogens with zero attached hydrogens (tertiary/aromatic N) is 1. The van der Waals surface area contributed by atoms with Crippen LogP contribution in [0.3, 0.4) is 0 Å². The first kappa shape index (κ1) is 12.9. The molecule has 1 amide bonds. The average molecular weight is 340 g/mol. The van der Waals surface area contributed by atoms with Gasteiger partial charge in [0.1, 0.15) is 5.38 Å². The second kappa shape index (κ2) is 5.10. The molecule has 0 radical (unpaired) electrons. The van der Waals surface area contributed by atoms with Crippen molar-refractivity contribution in [2.45, 2.75) is 24.3 Å². The Kier molecular flexibility index (Phi) is 3.46. The molecule has 3 nitrogen and oxygen atoms in total. The third kappa shape index (κ3) is 2.60. The second-order valence-electron chi connectivity index (χ2n) is 4.68. The van der Waals surface area contributed by atoms with Crippen LogP contribution in [0.1, 0.15) is 23.8 Å². The van der Waals surface area contributed by atoms with E-state index in [0.717, 1.165) is 33.8 Å². The summed E-state index contributed by atoms with van der Waals surface area (Å²) < 4.78 is 0.950. The van der Waals surface area contributed by atoms with Gasteiger partial charge in [-0.3, -0.25) is 9.78 Å². The first-order valence-electron chi connectivity index (χ1n) is 6.14. The van der Waals surface area contributed by atoms with Crippen LogP contribution in [-0.2, 0) is 4.79 Å². The lowest BCUT2D eigenvalue weighted by Crippen LogP contribution is -2.28. The zero-order valence-corrected chi connectivity index (χ0v) is 12.4. The number of pyridine rings is 1. The quantitative estimate of drug-likeness (QED) is 0.869. The number of benzene rings is 1. The lowest BCUT2D eigenvalue weighted by molar-refractivity contribution is -0.120. The highest BCUT2D eigenvalue weighted by Crippen LogP contribution is 2.32. The summed E-state index contributed by atoms with van der Waals surface area (Å²) in [6.45, 7) is 0. The van der Waals surface area contributed by atoms with Gasteiger partial charge in [0.2, 0.25) is 5.91 Å². The molecule has 3 rings (SSSR count). The van der Waals surface area contributed by atoms with Crippen molar-refractivity contribution >= 4 is 44.3 Å². The van der Waals surface area contributed by atoms with E-state index in [0.29, 0.717) is 6.04 Å². The Hall–Kier alpha value is -1.13. The van der Waals surface area contributed by atoms with Crippen molar-refractivity contribution in [3.63, 3.8) is 0 Å². The van der Waals surface area contributed by atoms with E-state index >= 15 is 0 Å². The van der Waals surface area contributed by atoms with Crippen LogP contribution in [0.2, 0.25) is 0 Å². The fraction of sp³-hybridized carbons (Fsp3) is 0.286. The molecule has 1 aromatic carbocycles. The van der Waals surface area contributed by atoms with Crippen LogP contribution < -0.4 is 5.32 Å². The Balaban J connectivity index is 1.99. The van der Waals surface area contributed by atoms with E-state index in [9.17, 15) is 4.79 Å². The minimum atomic E-state index is -0.703. The van der Waals surface area contributed by atoms with Crippen LogP contribution in [0.25, 0.3) is 10.9 Å². The zero-order valence-electron chi connectivity index (χ0n) is 10.1. The Labute approximate surface area is 124 Å². The number of hydrogen-bond acceptors (Lipinski definition) is 2. The largest absolute Gasteiger partial charge is 0.352 e. The number of fused-ring (bicyclic) bond motifs is 1. The minimum absolute atomic E-state index is 0.140. The molecule has 0 spiro atoms. The molecule has 1 N–H and O–H groups in total. The number of nitrogens with one attached hydrogen (secondary N) is 1. The van der Waals surface area contributed by atoms with Crippen LogP contribution in [0.15, 0.2) is 34.9 Å². The van der Waals surface area contributed by atoms with Crippen LogP contribution in [0.5, 0.6) is 0 Å². The van der Waals surface area contributed by atoms with E-state index in [1.807, 2.05) is 24.3 Å². The van der Waals surface area contributed by atoms with Gasteiger partial charge in [-0.1, -0.05) is 28.1 Å². The normalized spacial score (nSPS) is 16.3. The van der Waals surface area contributed by atoms with Crippen molar-refractivity contribution in [3.05, 3.63) is 40.5 Å². The fourth-order valence-electron chi connectivity index (χ4n) is 2.01. The molecule has 0 bridgehead atoms. The number of alkyl halides is 1. The standard InChI is InChI=1S/C14H12BrClN2O/c15-11-6-5-10(13-9(11)2-1-7-17-13)12(16)14(19)18-8-3-4-8/h1-2,5-8,12H,3-4H2,(H,18,19). The monoisotopic (exact) mass is 338 g/mol. The molecule has 1 aliphatic rings. The van der Waals surface area contributed by atoms with Crippen molar-refractivity contribution in [3.8, 4) is 0 Å². The maximum absolute atomic E-state index is 12.0. The van der Waals surface area contributed by atoms with Crippen molar-refractivity contribution < 1.29 is 4.79 Å². The predicted octanol–water partition coefficient (Wildman–Crippen LogP) is 3.56. The molecule has 0 aliphatic heterocycles. The van der Waals surface area contributed by atoms with Gasteiger partial charge in [-0.15, -0.1) is 11.6 Å². The van der Waals surface area contributed by atoms with Crippen molar-refractivity contribution in [2.24, 2.45) is 0 Å². The van der Waals surface area contributed by atoms with Gasteiger partial charge in [-0.25, -0.2) is 0 Å². The number of hydrogen-bond donors (Lipinski definition) is 1. The SMILES string of the molecule is O=C(NC1CC1)C(Cl)c1ccc(Br)c2cccnc12. The molecular formula is C14H12BrClN2O. The number of rotatable bonds is 3. The van der Waals surface area contributed by atoms with E-state index in [-0.39, 0.29) is 5.91 Å². The van der Waals surface area contributed by atoms with Gasteiger partial charge < -0.3 is 5.32 Å². The molecule has 98 valence electrons. The van der Waals surface area contributed by atoms with Gasteiger partial charge in [0, 0.05) is 27.7 Å². The summed E-state index contributed by atoms with van der Waals surface area (Å²) in [6.07, 6.45) is 3.81. The lowest BCUT2D eigenvalue weighted by atomic mass is 10.1. The van der Waals surface area contributed by atoms with Gasteiger partial charge in [-0.05, 0) is 25.0 Å². The zero-order chi connectivity index (χ0) is 13.4. The number of carbonyl (C=O) groups excluding carboxylic acids is 1. The second-order valence-corrected chi connectivity index (χ2v) is 5.97. The molecule has 5 heteroatoms. The smallest absolute Gasteiger partial charge is 0.242 e. The summed E-state index contributed by atoms with van der Waals surface area (Å²) in [5.74, 6) is -0.140. The van der Waals surface area contributed by atoms with Crippen molar-refractivity contribution in [2.75, 3.05) is 0 Å². The molecule has 19 heavy (non-hydrogen) atoms. The highest BCUT2D eigenvalue weighted by atomic mass is 79.9. The summed E-state index contributed by atoms with van der Waals surface area (Å²) in [5, 5.41) is 3.18. The molecule has 0 saturated heterocycles. The molecular weight excluding hydrogens is 328 g/mol. The fourth-order valence-corrected chi connectivity index (χ4v) is 2.70. The maximum Gasteiger partial charge on any atom is 0.242 e. The predicted molar refractivity (Wildman–Crippen MR) is 79.2 cm³/mol. The van der Waals surface area contributed by atoms with E-state index in [1.54, 1.807) is 6.20 Å². The number of halogens is 2. The minimum Gasteiger partial charge on any atom is -0.352 e. The number of carbonyl (C=O) groups is 1. The van der Waals surface area contributed by atoms with Gasteiger partial charge in [0.25, 0.3) is 0 Å². The average Bonchev–Trinajstić information content (AvgIpc) is 3.23. The molecule has 1 aromatic heterocycles. The summed E-state index contributed by atoms with van der Waals surface area (Å²) in [4.78, 5) is 16.4. The van der Waals surface area contributed by atoms with Crippen LogP contribution in [0.4, 0.5) is 0 Å². The van der Waals surface area contributed by atoms with Gasteiger partial charge >= 0.3 is 0 Å².